The fraction of sp³-hybridized carbons (Fsp3) is 0.800. The molecule has 4 nitrogen and oxygen atoms in total. The van der Waals surface area contributed by atoms with Crippen LogP contribution in [0.3, 0.4) is 0 Å². The molecule has 80 valence electrons. The molecule has 1 atom stereocenters. The van der Waals surface area contributed by atoms with E-state index in [-0.39, 0.29) is 5.54 Å². The van der Waals surface area contributed by atoms with E-state index in [1.54, 1.807) is 4.68 Å². The summed E-state index contributed by atoms with van der Waals surface area (Å²) in [5.41, 5.74) is 7.12. The summed E-state index contributed by atoms with van der Waals surface area (Å²) in [5.74, 6) is 0.453. The van der Waals surface area contributed by atoms with Crippen molar-refractivity contribution >= 4 is 0 Å². The quantitative estimate of drug-likeness (QED) is 0.785. The highest BCUT2D eigenvalue weighted by molar-refractivity contribution is 5.02. The lowest BCUT2D eigenvalue weighted by Gasteiger charge is -2.31. The average molecular weight is 196 g/mol. The number of hydrogen-bond acceptors (Lipinski definition) is 3. The van der Waals surface area contributed by atoms with Gasteiger partial charge in [-0.3, -0.25) is 4.68 Å². The van der Waals surface area contributed by atoms with E-state index in [2.05, 4.69) is 31.1 Å². The summed E-state index contributed by atoms with van der Waals surface area (Å²) < 4.78 is 1.71. The Hall–Kier alpha value is -0.900. The van der Waals surface area contributed by atoms with Crippen LogP contribution in [0.25, 0.3) is 0 Å². The molecule has 0 saturated heterocycles. The smallest absolute Gasteiger partial charge is 0.0845 e. The highest BCUT2D eigenvalue weighted by Crippen LogP contribution is 2.21. The lowest BCUT2D eigenvalue weighted by molar-refractivity contribution is 0.294. The van der Waals surface area contributed by atoms with E-state index in [0.29, 0.717) is 5.92 Å². The lowest BCUT2D eigenvalue weighted by Crippen LogP contribution is -2.46. The fourth-order valence-corrected chi connectivity index (χ4v) is 1.55. The van der Waals surface area contributed by atoms with Gasteiger partial charge in [-0.25, -0.2) is 0 Å². The third-order valence-corrected chi connectivity index (χ3v) is 2.97. The van der Waals surface area contributed by atoms with Gasteiger partial charge in [-0.2, -0.15) is 0 Å². The van der Waals surface area contributed by atoms with Crippen molar-refractivity contribution in [1.82, 2.24) is 15.0 Å². The Kier molecular flexibility index (Phi) is 3.26. The first-order chi connectivity index (χ1) is 6.48. The number of nitrogens with zero attached hydrogens (tertiary/aromatic N) is 3. The van der Waals surface area contributed by atoms with Gasteiger partial charge in [0.25, 0.3) is 0 Å². The summed E-state index contributed by atoms with van der Waals surface area (Å²) in [4.78, 5) is 0. The zero-order valence-corrected chi connectivity index (χ0v) is 9.49. The van der Waals surface area contributed by atoms with Gasteiger partial charge in [0.2, 0.25) is 0 Å². The zero-order valence-electron chi connectivity index (χ0n) is 9.49. The molecule has 0 saturated carbocycles. The average Bonchev–Trinajstić information content (AvgIpc) is 2.50. The van der Waals surface area contributed by atoms with Crippen LogP contribution in [0.5, 0.6) is 0 Å². The van der Waals surface area contributed by atoms with Crippen molar-refractivity contribution in [2.75, 3.05) is 0 Å². The van der Waals surface area contributed by atoms with Gasteiger partial charge in [0, 0.05) is 25.2 Å². The highest BCUT2D eigenvalue weighted by Gasteiger charge is 2.28. The zero-order chi connectivity index (χ0) is 10.8. The maximum Gasteiger partial charge on any atom is 0.0845 e. The molecule has 0 amide bonds. The molecule has 1 heterocycles. The second kappa shape index (κ2) is 4.09. The lowest BCUT2D eigenvalue weighted by atomic mass is 9.81. The fourth-order valence-electron chi connectivity index (χ4n) is 1.55. The van der Waals surface area contributed by atoms with Crippen LogP contribution in [0, 0.1) is 5.92 Å². The number of nitrogens with two attached hydrogens (primary N) is 1. The van der Waals surface area contributed by atoms with Crippen molar-refractivity contribution in [3.8, 4) is 0 Å². The van der Waals surface area contributed by atoms with E-state index in [1.807, 2.05) is 13.2 Å². The van der Waals surface area contributed by atoms with Crippen LogP contribution >= 0.6 is 0 Å². The molecule has 0 aliphatic heterocycles. The largest absolute Gasteiger partial charge is 0.325 e. The van der Waals surface area contributed by atoms with Crippen molar-refractivity contribution < 1.29 is 0 Å². The Morgan fingerprint density at radius 2 is 2.21 bits per heavy atom. The molecule has 0 radical (unpaired) electrons. The van der Waals surface area contributed by atoms with Crippen molar-refractivity contribution in [3.63, 3.8) is 0 Å². The minimum absolute atomic E-state index is 0.157. The molecule has 0 fully saturated rings. The number of aryl methyl sites for hydroxylation is 1. The first-order valence-corrected chi connectivity index (χ1v) is 5.12. The van der Waals surface area contributed by atoms with Crippen LogP contribution in [0.1, 0.15) is 32.9 Å². The Labute approximate surface area is 85.5 Å². The Bertz CT molecular complexity index is 292. The maximum absolute atomic E-state index is 6.30. The summed E-state index contributed by atoms with van der Waals surface area (Å²) in [7, 11) is 1.87. The van der Waals surface area contributed by atoms with E-state index in [9.17, 15) is 0 Å². The predicted molar refractivity (Wildman–Crippen MR) is 56.8 cm³/mol. The molecule has 4 heteroatoms. The normalized spacial score (nSPS) is 15.9. The van der Waals surface area contributed by atoms with Crippen LogP contribution in [-0.4, -0.2) is 20.5 Å². The topological polar surface area (TPSA) is 56.7 Å². The third-order valence-electron chi connectivity index (χ3n) is 2.97. The molecule has 1 rings (SSSR count). The SMILES string of the molecule is CCC(N)(Cc1cn(C)nn1)C(C)C. The minimum Gasteiger partial charge on any atom is -0.325 e. The molecule has 2 N–H and O–H groups in total. The monoisotopic (exact) mass is 196 g/mol. The second-order valence-corrected chi connectivity index (χ2v) is 4.30. The number of aromatic nitrogens is 3. The molecule has 0 bridgehead atoms. The summed E-state index contributed by atoms with van der Waals surface area (Å²) in [6, 6.07) is 0. The van der Waals surface area contributed by atoms with Gasteiger partial charge in [-0.15, -0.1) is 5.10 Å². The Balaban J connectivity index is 2.75. The molecule has 1 unspecified atom stereocenters. The molecule has 0 spiro atoms. The van der Waals surface area contributed by atoms with E-state index in [0.717, 1.165) is 18.5 Å². The molecular formula is C10H20N4. The van der Waals surface area contributed by atoms with Gasteiger partial charge < -0.3 is 5.73 Å². The standard InChI is InChI=1S/C10H20N4/c1-5-10(11,8(2)3)6-9-7-14(4)13-12-9/h7-8H,5-6,11H2,1-4H3. The van der Waals surface area contributed by atoms with Crippen molar-refractivity contribution in [3.05, 3.63) is 11.9 Å². The molecule has 1 aromatic rings. The van der Waals surface area contributed by atoms with Crippen molar-refractivity contribution in [2.24, 2.45) is 18.7 Å². The molecule has 0 aromatic carbocycles. The van der Waals surface area contributed by atoms with E-state index in [4.69, 9.17) is 5.73 Å². The van der Waals surface area contributed by atoms with E-state index >= 15 is 0 Å². The van der Waals surface area contributed by atoms with E-state index < -0.39 is 0 Å². The highest BCUT2D eigenvalue weighted by atomic mass is 15.4. The Morgan fingerprint density at radius 1 is 1.57 bits per heavy atom. The molecular weight excluding hydrogens is 176 g/mol. The molecule has 1 aromatic heterocycles. The minimum atomic E-state index is -0.157. The van der Waals surface area contributed by atoms with Crippen molar-refractivity contribution in [1.29, 1.82) is 0 Å². The van der Waals surface area contributed by atoms with Crippen molar-refractivity contribution in [2.45, 2.75) is 39.2 Å². The molecule has 14 heavy (non-hydrogen) atoms. The molecule has 0 aliphatic rings. The van der Waals surface area contributed by atoms with Crippen LogP contribution in [0.4, 0.5) is 0 Å². The van der Waals surface area contributed by atoms with E-state index in [1.165, 1.54) is 0 Å². The van der Waals surface area contributed by atoms with Gasteiger partial charge in [-0.1, -0.05) is 26.0 Å². The summed E-state index contributed by atoms with van der Waals surface area (Å²) in [6.07, 6.45) is 3.69. The van der Waals surface area contributed by atoms with Gasteiger partial charge in [-0.05, 0) is 12.3 Å². The van der Waals surface area contributed by atoms with Crippen LogP contribution in [-0.2, 0) is 13.5 Å². The molecule has 0 aliphatic carbocycles. The van der Waals surface area contributed by atoms with Gasteiger partial charge in [0.15, 0.2) is 0 Å². The third kappa shape index (κ3) is 2.32. The number of hydrogen-bond donors (Lipinski definition) is 1. The van der Waals surface area contributed by atoms with Gasteiger partial charge in [0.1, 0.15) is 0 Å². The first kappa shape index (κ1) is 11.2. The van der Waals surface area contributed by atoms with Crippen LogP contribution < -0.4 is 5.73 Å². The summed E-state index contributed by atoms with van der Waals surface area (Å²) >= 11 is 0. The van der Waals surface area contributed by atoms with Crippen LogP contribution in [0.2, 0.25) is 0 Å². The summed E-state index contributed by atoms with van der Waals surface area (Å²) in [5, 5.41) is 7.97. The number of rotatable bonds is 4. The maximum atomic E-state index is 6.30. The second-order valence-electron chi connectivity index (χ2n) is 4.30. The Morgan fingerprint density at radius 3 is 2.57 bits per heavy atom. The van der Waals surface area contributed by atoms with Crippen LogP contribution in [0.15, 0.2) is 6.20 Å². The summed E-state index contributed by atoms with van der Waals surface area (Å²) in [6.45, 7) is 6.43. The van der Waals surface area contributed by atoms with Gasteiger partial charge in [0.05, 0.1) is 5.69 Å². The first-order valence-electron chi connectivity index (χ1n) is 5.12. The van der Waals surface area contributed by atoms with Gasteiger partial charge >= 0.3 is 0 Å². The predicted octanol–water partition coefficient (Wildman–Crippen LogP) is 1.12.